The lowest BCUT2D eigenvalue weighted by atomic mass is 9.92. The number of likely N-dealkylation sites (tertiary alicyclic amines) is 2. The van der Waals surface area contributed by atoms with E-state index in [2.05, 4.69) is 15.1 Å². The molecule has 1 N–H and O–H groups in total. The summed E-state index contributed by atoms with van der Waals surface area (Å²) in [7, 11) is 0. The lowest BCUT2D eigenvalue weighted by Crippen LogP contribution is -2.48. The summed E-state index contributed by atoms with van der Waals surface area (Å²) in [6.07, 6.45) is 7.19. The lowest BCUT2D eigenvalue weighted by Gasteiger charge is -2.37. The van der Waals surface area contributed by atoms with Gasteiger partial charge in [0.25, 0.3) is 0 Å². The number of piperidine rings is 3. The standard InChI is InChI=1S/C17H29N3O2.ClH/c21-16-5-1-2-9-20(16)13-14-6-10-19(11-7-14)17(22)15-4-3-8-18-12-15;/h14-15,18H,1-13H2;1H. The first-order valence-corrected chi connectivity index (χ1v) is 9.01. The Morgan fingerprint density at radius 2 is 1.87 bits per heavy atom. The summed E-state index contributed by atoms with van der Waals surface area (Å²) >= 11 is 0. The Morgan fingerprint density at radius 3 is 2.52 bits per heavy atom. The van der Waals surface area contributed by atoms with Gasteiger partial charge in [-0.3, -0.25) is 9.59 Å². The van der Waals surface area contributed by atoms with Crippen LogP contribution in [-0.2, 0) is 9.59 Å². The number of halogens is 1. The molecule has 132 valence electrons. The highest BCUT2D eigenvalue weighted by atomic mass is 35.5. The third-order valence-corrected chi connectivity index (χ3v) is 5.47. The van der Waals surface area contributed by atoms with Crippen molar-refractivity contribution in [3.63, 3.8) is 0 Å². The molecule has 0 bridgehead atoms. The number of hydrogen-bond acceptors (Lipinski definition) is 3. The number of rotatable bonds is 3. The predicted octanol–water partition coefficient (Wildman–Crippen LogP) is 1.66. The molecule has 2 amide bonds. The summed E-state index contributed by atoms with van der Waals surface area (Å²) in [5.41, 5.74) is 0. The fraction of sp³-hybridized carbons (Fsp3) is 0.882. The predicted molar refractivity (Wildman–Crippen MR) is 92.6 cm³/mol. The maximum Gasteiger partial charge on any atom is 0.226 e. The number of nitrogens with zero attached hydrogens (tertiary/aromatic N) is 2. The summed E-state index contributed by atoms with van der Waals surface area (Å²) in [5.74, 6) is 1.45. The van der Waals surface area contributed by atoms with Gasteiger partial charge in [0.1, 0.15) is 0 Å². The lowest BCUT2D eigenvalue weighted by molar-refractivity contribution is -0.139. The molecule has 3 heterocycles. The van der Waals surface area contributed by atoms with Gasteiger partial charge >= 0.3 is 0 Å². The van der Waals surface area contributed by atoms with Gasteiger partial charge < -0.3 is 15.1 Å². The van der Waals surface area contributed by atoms with Crippen LogP contribution >= 0.6 is 12.4 Å². The average Bonchev–Trinajstić information content (AvgIpc) is 2.58. The van der Waals surface area contributed by atoms with Crippen molar-refractivity contribution >= 4 is 24.2 Å². The molecule has 3 fully saturated rings. The van der Waals surface area contributed by atoms with Crippen molar-refractivity contribution in [3.8, 4) is 0 Å². The van der Waals surface area contributed by atoms with Crippen LogP contribution in [0, 0.1) is 11.8 Å². The van der Waals surface area contributed by atoms with Gasteiger partial charge in [0.2, 0.25) is 11.8 Å². The van der Waals surface area contributed by atoms with E-state index in [1.54, 1.807) is 0 Å². The van der Waals surface area contributed by atoms with Crippen LogP contribution in [0.5, 0.6) is 0 Å². The summed E-state index contributed by atoms with van der Waals surface area (Å²) in [4.78, 5) is 28.5. The molecule has 1 atom stereocenters. The molecule has 0 spiro atoms. The van der Waals surface area contributed by atoms with Crippen LogP contribution in [-0.4, -0.2) is 60.9 Å². The molecule has 5 nitrogen and oxygen atoms in total. The molecule has 0 aromatic rings. The monoisotopic (exact) mass is 343 g/mol. The van der Waals surface area contributed by atoms with Crippen LogP contribution in [0.1, 0.15) is 44.9 Å². The molecule has 1 unspecified atom stereocenters. The summed E-state index contributed by atoms with van der Waals surface area (Å²) in [5, 5.41) is 3.33. The van der Waals surface area contributed by atoms with Crippen LogP contribution in [0.25, 0.3) is 0 Å². The van der Waals surface area contributed by atoms with Crippen LogP contribution in [0.15, 0.2) is 0 Å². The molecule has 0 aromatic carbocycles. The van der Waals surface area contributed by atoms with E-state index in [0.29, 0.717) is 17.7 Å². The Morgan fingerprint density at radius 1 is 1.09 bits per heavy atom. The third kappa shape index (κ3) is 4.83. The quantitative estimate of drug-likeness (QED) is 0.848. The van der Waals surface area contributed by atoms with Crippen molar-refractivity contribution in [2.75, 3.05) is 39.3 Å². The van der Waals surface area contributed by atoms with E-state index >= 15 is 0 Å². The zero-order chi connectivity index (χ0) is 15.4. The summed E-state index contributed by atoms with van der Waals surface area (Å²) in [6, 6.07) is 0. The molecule has 0 saturated carbocycles. The second kappa shape index (κ2) is 8.88. The van der Waals surface area contributed by atoms with E-state index < -0.39 is 0 Å². The van der Waals surface area contributed by atoms with Crippen molar-refractivity contribution in [3.05, 3.63) is 0 Å². The molecule has 3 aliphatic rings. The van der Waals surface area contributed by atoms with Crippen molar-refractivity contribution in [1.29, 1.82) is 0 Å². The highest BCUT2D eigenvalue weighted by molar-refractivity contribution is 5.85. The second-order valence-electron chi connectivity index (χ2n) is 7.11. The van der Waals surface area contributed by atoms with Gasteiger partial charge in [-0.15, -0.1) is 12.4 Å². The van der Waals surface area contributed by atoms with Crippen molar-refractivity contribution in [2.45, 2.75) is 44.9 Å². The highest BCUT2D eigenvalue weighted by Crippen LogP contribution is 2.23. The highest BCUT2D eigenvalue weighted by Gasteiger charge is 2.30. The van der Waals surface area contributed by atoms with Gasteiger partial charge in [-0.25, -0.2) is 0 Å². The van der Waals surface area contributed by atoms with Gasteiger partial charge in [-0.2, -0.15) is 0 Å². The number of amides is 2. The minimum atomic E-state index is 0. The first-order valence-electron chi connectivity index (χ1n) is 9.01. The van der Waals surface area contributed by atoms with Gasteiger partial charge in [0.05, 0.1) is 5.92 Å². The van der Waals surface area contributed by atoms with Gasteiger partial charge in [-0.05, 0) is 51.0 Å². The topological polar surface area (TPSA) is 52.7 Å². The number of hydrogen-bond donors (Lipinski definition) is 1. The van der Waals surface area contributed by atoms with E-state index in [9.17, 15) is 9.59 Å². The minimum absolute atomic E-state index is 0. The molecule has 0 radical (unpaired) electrons. The second-order valence-corrected chi connectivity index (χ2v) is 7.11. The summed E-state index contributed by atoms with van der Waals surface area (Å²) < 4.78 is 0. The van der Waals surface area contributed by atoms with Crippen molar-refractivity contribution in [1.82, 2.24) is 15.1 Å². The largest absolute Gasteiger partial charge is 0.342 e. The van der Waals surface area contributed by atoms with Crippen LogP contribution < -0.4 is 5.32 Å². The zero-order valence-corrected chi connectivity index (χ0v) is 14.8. The average molecular weight is 344 g/mol. The van der Waals surface area contributed by atoms with Crippen LogP contribution in [0.2, 0.25) is 0 Å². The third-order valence-electron chi connectivity index (χ3n) is 5.47. The van der Waals surface area contributed by atoms with E-state index in [1.165, 1.54) is 0 Å². The SMILES string of the molecule is Cl.O=C1CCCCN1CC1CCN(C(=O)C2CCCNC2)CC1. The molecule has 0 aromatic heterocycles. The van der Waals surface area contributed by atoms with E-state index in [0.717, 1.165) is 84.2 Å². The van der Waals surface area contributed by atoms with Crippen LogP contribution in [0.4, 0.5) is 0 Å². The molecule has 3 aliphatic heterocycles. The van der Waals surface area contributed by atoms with Gasteiger partial charge in [0, 0.05) is 39.1 Å². The fourth-order valence-electron chi connectivity index (χ4n) is 4.02. The normalized spacial score (nSPS) is 26.8. The molecular formula is C17H30ClN3O2. The Kier molecular flexibility index (Phi) is 7.15. The molecule has 3 saturated heterocycles. The molecule has 0 aliphatic carbocycles. The zero-order valence-electron chi connectivity index (χ0n) is 14.0. The first-order chi connectivity index (χ1) is 10.7. The minimum Gasteiger partial charge on any atom is -0.342 e. The Hall–Kier alpha value is -0.810. The van der Waals surface area contributed by atoms with Crippen molar-refractivity contribution in [2.24, 2.45) is 11.8 Å². The number of carbonyl (C=O) groups excluding carboxylic acids is 2. The Balaban J connectivity index is 0.00000192. The van der Waals surface area contributed by atoms with E-state index in [-0.39, 0.29) is 18.3 Å². The van der Waals surface area contributed by atoms with E-state index in [4.69, 9.17) is 0 Å². The molecular weight excluding hydrogens is 314 g/mol. The van der Waals surface area contributed by atoms with Gasteiger partial charge in [-0.1, -0.05) is 0 Å². The molecule has 3 rings (SSSR count). The Bertz CT molecular complexity index is 405. The maximum absolute atomic E-state index is 12.5. The number of carbonyl (C=O) groups is 2. The van der Waals surface area contributed by atoms with E-state index in [1.807, 2.05) is 0 Å². The van der Waals surface area contributed by atoms with Crippen LogP contribution in [0.3, 0.4) is 0 Å². The number of nitrogens with one attached hydrogen (secondary N) is 1. The maximum atomic E-state index is 12.5. The van der Waals surface area contributed by atoms with Gasteiger partial charge in [0.15, 0.2) is 0 Å². The smallest absolute Gasteiger partial charge is 0.226 e. The molecule has 6 heteroatoms. The summed E-state index contributed by atoms with van der Waals surface area (Å²) in [6.45, 7) is 5.50. The van der Waals surface area contributed by atoms with Crippen molar-refractivity contribution < 1.29 is 9.59 Å². The fourth-order valence-corrected chi connectivity index (χ4v) is 4.02. The molecule has 23 heavy (non-hydrogen) atoms. The Labute approximate surface area is 145 Å². The first kappa shape index (κ1) is 18.5.